The Labute approximate surface area is 209 Å². The molecule has 2 aliphatic rings. The van der Waals surface area contributed by atoms with Gasteiger partial charge in [0.15, 0.2) is 0 Å². The van der Waals surface area contributed by atoms with Gasteiger partial charge in [-0.15, -0.1) is 0 Å². The van der Waals surface area contributed by atoms with Crippen LogP contribution in [0.1, 0.15) is 73.0 Å². The summed E-state index contributed by atoms with van der Waals surface area (Å²) >= 11 is 0. The highest BCUT2D eigenvalue weighted by atomic mass is 19.4. The molecule has 3 heterocycles. The Hall–Kier alpha value is -3.10. The molecule has 2 aromatic rings. The molecule has 0 spiro atoms. The molecule has 2 saturated heterocycles. The lowest BCUT2D eigenvalue weighted by atomic mass is 9.83. The van der Waals surface area contributed by atoms with Crippen molar-refractivity contribution in [3.63, 3.8) is 0 Å². The van der Waals surface area contributed by atoms with Gasteiger partial charge in [-0.3, -0.25) is 14.6 Å². The lowest BCUT2D eigenvalue weighted by molar-refractivity contribution is -0.141. The van der Waals surface area contributed by atoms with Gasteiger partial charge in [0.1, 0.15) is 11.4 Å². The van der Waals surface area contributed by atoms with Crippen molar-refractivity contribution >= 4 is 11.8 Å². The number of amides is 2. The van der Waals surface area contributed by atoms with Gasteiger partial charge in [0.05, 0.1) is 11.5 Å². The number of para-hydroxylation sites is 1. The highest BCUT2D eigenvalue weighted by Gasteiger charge is 2.43. The average Bonchev–Trinajstić information content (AvgIpc) is 2.88. The van der Waals surface area contributed by atoms with Gasteiger partial charge in [0.2, 0.25) is 5.91 Å². The fourth-order valence-electron chi connectivity index (χ4n) is 5.67. The van der Waals surface area contributed by atoms with E-state index in [1.807, 2.05) is 24.0 Å². The number of carbonyl (C=O) groups excluding carboxylic acids is 2. The zero-order valence-electron chi connectivity index (χ0n) is 20.4. The number of piperidine rings is 2. The molecule has 9 heteroatoms. The Morgan fingerprint density at radius 1 is 1.06 bits per heavy atom. The molecule has 194 valence electrons. The largest absolute Gasteiger partial charge is 0.508 e. The molecule has 1 aromatic carbocycles. The smallest absolute Gasteiger partial charge is 0.418 e. The first-order valence-corrected chi connectivity index (χ1v) is 12.6. The molecule has 2 atom stereocenters. The van der Waals surface area contributed by atoms with Crippen molar-refractivity contribution in [2.45, 2.75) is 63.6 Å². The Morgan fingerprint density at radius 2 is 1.78 bits per heavy atom. The van der Waals surface area contributed by atoms with E-state index in [1.54, 1.807) is 12.1 Å². The number of aromatic nitrogens is 1. The van der Waals surface area contributed by atoms with Crippen molar-refractivity contribution < 1.29 is 27.9 Å². The number of aromatic hydroxyl groups is 1. The summed E-state index contributed by atoms with van der Waals surface area (Å²) in [5, 5.41) is 10.2. The number of halogens is 3. The Bertz CT molecular complexity index is 1080. The van der Waals surface area contributed by atoms with E-state index in [0.717, 1.165) is 24.5 Å². The standard InChI is InChI=1S/C27H32F3N3O3/c1-2-7-22-20(25(35)32-16-12-18(13-17-32)19-8-3-4-11-23(19)34)9-6-15-33(22)26(36)24-21(27(28,29)30)10-5-14-31-24/h3-5,8,10-11,14,18,20,22,34H,2,6-7,9,12-13,15-17H2,1H3. The van der Waals surface area contributed by atoms with Gasteiger partial charge in [-0.1, -0.05) is 31.5 Å². The minimum atomic E-state index is -4.69. The van der Waals surface area contributed by atoms with Crippen LogP contribution in [0.2, 0.25) is 0 Å². The number of rotatable bonds is 5. The summed E-state index contributed by atoms with van der Waals surface area (Å²) in [6, 6.07) is 8.82. The van der Waals surface area contributed by atoms with Crippen molar-refractivity contribution in [3.05, 3.63) is 59.4 Å². The maximum atomic E-state index is 13.6. The second-order valence-corrected chi connectivity index (χ2v) is 9.66. The fourth-order valence-corrected chi connectivity index (χ4v) is 5.67. The third-order valence-electron chi connectivity index (χ3n) is 7.44. The van der Waals surface area contributed by atoms with E-state index in [1.165, 1.54) is 17.2 Å². The molecule has 2 amide bonds. The number of pyridine rings is 1. The van der Waals surface area contributed by atoms with Crippen LogP contribution in [0, 0.1) is 5.92 Å². The molecule has 6 nitrogen and oxygen atoms in total. The minimum absolute atomic E-state index is 0.0428. The molecule has 0 saturated carbocycles. The van der Waals surface area contributed by atoms with Gasteiger partial charge in [0.25, 0.3) is 5.91 Å². The average molecular weight is 504 g/mol. The number of carbonyl (C=O) groups is 2. The maximum Gasteiger partial charge on any atom is 0.418 e. The van der Waals surface area contributed by atoms with Crippen LogP contribution in [0.5, 0.6) is 5.75 Å². The van der Waals surface area contributed by atoms with Gasteiger partial charge in [-0.25, -0.2) is 0 Å². The van der Waals surface area contributed by atoms with Crippen LogP contribution in [-0.2, 0) is 11.0 Å². The Kier molecular flexibility index (Phi) is 7.85. The molecule has 36 heavy (non-hydrogen) atoms. The number of phenolic OH excluding ortho intramolecular Hbond substituents is 1. The number of benzene rings is 1. The van der Waals surface area contributed by atoms with E-state index in [9.17, 15) is 27.9 Å². The second kappa shape index (κ2) is 10.9. The summed E-state index contributed by atoms with van der Waals surface area (Å²) in [7, 11) is 0. The Morgan fingerprint density at radius 3 is 2.44 bits per heavy atom. The van der Waals surface area contributed by atoms with Gasteiger partial charge in [-0.05, 0) is 61.8 Å². The summed E-state index contributed by atoms with van der Waals surface area (Å²) in [6.07, 6.45) is 0.319. The number of hydrogen-bond acceptors (Lipinski definition) is 4. The van der Waals surface area contributed by atoms with Crippen molar-refractivity contribution in [2.75, 3.05) is 19.6 Å². The lowest BCUT2D eigenvalue weighted by Crippen LogP contribution is -2.54. The predicted molar refractivity (Wildman–Crippen MR) is 128 cm³/mol. The first kappa shape index (κ1) is 26.0. The third kappa shape index (κ3) is 5.34. The lowest BCUT2D eigenvalue weighted by Gasteiger charge is -2.43. The first-order valence-electron chi connectivity index (χ1n) is 12.6. The molecule has 1 aromatic heterocycles. The molecule has 0 aliphatic carbocycles. The molecule has 2 fully saturated rings. The van der Waals surface area contributed by atoms with E-state index in [0.29, 0.717) is 45.3 Å². The SMILES string of the molecule is CCCC1C(C(=O)N2CCC(c3ccccc3O)CC2)CCCN1C(=O)c1ncccc1C(F)(F)F. The monoisotopic (exact) mass is 503 g/mol. The third-order valence-corrected chi connectivity index (χ3v) is 7.44. The van der Waals surface area contributed by atoms with Crippen LogP contribution >= 0.6 is 0 Å². The first-order chi connectivity index (χ1) is 17.2. The molecule has 2 unspecified atom stereocenters. The van der Waals surface area contributed by atoms with Crippen molar-refractivity contribution in [2.24, 2.45) is 5.92 Å². The van der Waals surface area contributed by atoms with Crippen molar-refractivity contribution in [1.29, 1.82) is 0 Å². The number of phenols is 1. The topological polar surface area (TPSA) is 73.7 Å². The molecule has 2 aliphatic heterocycles. The number of nitrogens with zero attached hydrogens (tertiary/aromatic N) is 3. The summed E-state index contributed by atoms with van der Waals surface area (Å²) in [4.78, 5) is 34.0. The zero-order valence-corrected chi connectivity index (χ0v) is 20.4. The quantitative estimate of drug-likeness (QED) is 0.606. The van der Waals surface area contributed by atoms with Gasteiger partial charge in [0, 0.05) is 31.9 Å². The summed E-state index contributed by atoms with van der Waals surface area (Å²) < 4.78 is 40.7. The highest BCUT2D eigenvalue weighted by molar-refractivity contribution is 5.95. The van der Waals surface area contributed by atoms with Crippen LogP contribution in [0.15, 0.2) is 42.6 Å². The highest BCUT2D eigenvalue weighted by Crippen LogP contribution is 2.37. The van der Waals surface area contributed by atoms with Crippen LogP contribution in [0.4, 0.5) is 13.2 Å². The minimum Gasteiger partial charge on any atom is -0.508 e. The number of hydrogen-bond donors (Lipinski definition) is 1. The van der Waals surface area contributed by atoms with E-state index < -0.39 is 35.3 Å². The molecule has 4 rings (SSSR count). The van der Waals surface area contributed by atoms with Crippen molar-refractivity contribution in [3.8, 4) is 5.75 Å². The fraction of sp³-hybridized carbons (Fsp3) is 0.519. The molecule has 0 radical (unpaired) electrons. The van der Waals surface area contributed by atoms with E-state index in [2.05, 4.69) is 4.98 Å². The second-order valence-electron chi connectivity index (χ2n) is 9.66. The Balaban J connectivity index is 1.50. The van der Waals surface area contributed by atoms with E-state index >= 15 is 0 Å². The van der Waals surface area contributed by atoms with Gasteiger partial charge in [-0.2, -0.15) is 13.2 Å². The summed E-state index contributed by atoms with van der Waals surface area (Å²) in [5.41, 5.74) is -0.772. The number of alkyl halides is 3. The molecule has 0 bridgehead atoms. The normalized spacial score (nSPS) is 21.4. The molecular weight excluding hydrogens is 471 g/mol. The predicted octanol–water partition coefficient (Wildman–Crippen LogP) is 5.23. The number of likely N-dealkylation sites (tertiary alicyclic amines) is 2. The van der Waals surface area contributed by atoms with Crippen molar-refractivity contribution in [1.82, 2.24) is 14.8 Å². The summed E-state index contributed by atoms with van der Waals surface area (Å²) in [6.45, 7) is 3.33. The van der Waals surface area contributed by atoms with Crippen LogP contribution in [-0.4, -0.2) is 57.4 Å². The van der Waals surface area contributed by atoms with Crippen LogP contribution < -0.4 is 0 Å². The molecule has 1 N–H and O–H groups in total. The van der Waals surface area contributed by atoms with Gasteiger partial charge >= 0.3 is 6.18 Å². The van der Waals surface area contributed by atoms with Crippen LogP contribution in [0.3, 0.4) is 0 Å². The van der Waals surface area contributed by atoms with E-state index in [-0.39, 0.29) is 17.6 Å². The van der Waals surface area contributed by atoms with E-state index in [4.69, 9.17) is 0 Å². The zero-order chi connectivity index (χ0) is 25.9. The maximum absolute atomic E-state index is 13.6. The van der Waals surface area contributed by atoms with Gasteiger partial charge < -0.3 is 14.9 Å². The van der Waals surface area contributed by atoms with Crippen LogP contribution in [0.25, 0.3) is 0 Å². The summed E-state index contributed by atoms with van der Waals surface area (Å²) in [5.74, 6) is -0.839. The molecular formula is C27H32F3N3O3.